The van der Waals surface area contributed by atoms with Crippen LogP contribution in [0, 0.1) is 11.8 Å². The summed E-state index contributed by atoms with van der Waals surface area (Å²) in [4.78, 5) is 24.9. The lowest BCUT2D eigenvalue weighted by molar-refractivity contribution is -0.158. The summed E-state index contributed by atoms with van der Waals surface area (Å²) in [6.45, 7) is 0. The van der Waals surface area contributed by atoms with Crippen LogP contribution in [-0.4, -0.2) is 26.2 Å². The fourth-order valence-corrected chi connectivity index (χ4v) is 3.68. The Morgan fingerprint density at radius 3 is 2.17 bits per heavy atom. The van der Waals surface area contributed by atoms with E-state index in [9.17, 15) is 9.59 Å². The van der Waals surface area contributed by atoms with Crippen LogP contribution in [0.25, 0.3) is 0 Å². The molecule has 0 amide bonds. The van der Waals surface area contributed by atoms with Crippen molar-refractivity contribution in [2.75, 3.05) is 14.2 Å². The predicted octanol–water partition coefficient (Wildman–Crippen LogP) is 2.95. The Labute approximate surface area is 141 Å². The number of benzene rings is 2. The van der Waals surface area contributed by atoms with E-state index in [0.717, 1.165) is 16.7 Å². The minimum atomic E-state index is -0.597. The Balaban J connectivity index is 2.19. The third-order valence-corrected chi connectivity index (χ3v) is 4.76. The minimum Gasteiger partial charge on any atom is -0.469 e. The van der Waals surface area contributed by atoms with Crippen molar-refractivity contribution in [2.45, 2.75) is 12.3 Å². The summed E-state index contributed by atoms with van der Waals surface area (Å²) in [7, 11) is 2.72. The number of fused-ring (bicyclic) bond motifs is 1. The molecule has 4 heteroatoms. The van der Waals surface area contributed by atoms with Crippen LogP contribution in [-0.2, 0) is 25.5 Å². The zero-order valence-electron chi connectivity index (χ0n) is 13.8. The Morgan fingerprint density at radius 1 is 0.875 bits per heavy atom. The van der Waals surface area contributed by atoms with Crippen molar-refractivity contribution in [2.24, 2.45) is 11.8 Å². The van der Waals surface area contributed by atoms with Crippen LogP contribution < -0.4 is 0 Å². The highest BCUT2D eigenvalue weighted by molar-refractivity contribution is 5.84. The van der Waals surface area contributed by atoms with E-state index in [1.165, 1.54) is 14.2 Å². The Morgan fingerprint density at radius 2 is 1.50 bits per heavy atom. The molecule has 3 atom stereocenters. The van der Waals surface area contributed by atoms with E-state index in [0.29, 0.717) is 6.42 Å². The largest absolute Gasteiger partial charge is 0.469 e. The van der Waals surface area contributed by atoms with E-state index in [4.69, 9.17) is 9.47 Å². The van der Waals surface area contributed by atoms with Crippen LogP contribution >= 0.6 is 0 Å². The van der Waals surface area contributed by atoms with Gasteiger partial charge in [0.25, 0.3) is 0 Å². The summed E-state index contributed by atoms with van der Waals surface area (Å²) in [6, 6.07) is 17.7. The average molecular weight is 324 g/mol. The molecule has 0 saturated heterocycles. The fraction of sp³-hybridized carbons (Fsp3) is 0.300. The minimum absolute atomic E-state index is 0.229. The van der Waals surface area contributed by atoms with Crippen LogP contribution in [0.3, 0.4) is 0 Å². The van der Waals surface area contributed by atoms with Gasteiger partial charge in [0.15, 0.2) is 0 Å². The summed E-state index contributed by atoms with van der Waals surface area (Å²) in [5.41, 5.74) is 3.13. The first-order valence-electron chi connectivity index (χ1n) is 7.95. The molecule has 0 aliphatic heterocycles. The van der Waals surface area contributed by atoms with Crippen molar-refractivity contribution >= 4 is 11.9 Å². The number of carbonyl (C=O) groups is 2. The van der Waals surface area contributed by atoms with Crippen molar-refractivity contribution in [3.63, 3.8) is 0 Å². The van der Waals surface area contributed by atoms with E-state index in [1.54, 1.807) is 0 Å². The lowest BCUT2D eigenvalue weighted by atomic mass is 9.66. The lowest BCUT2D eigenvalue weighted by Gasteiger charge is -2.37. The number of esters is 2. The average Bonchev–Trinajstić information content (AvgIpc) is 2.65. The molecular formula is C20H20O4. The van der Waals surface area contributed by atoms with Gasteiger partial charge in [0, 0.05) is 5.92 Å². The molecule has 0 spiro atoms. The molecule has 0 bridgehead atoms. The first kappa shape index (κ1) is 16.2. The highest BCUT2D eigenvalue weighted by atomic mass is 16.5. The van der Waals surface area contributed by atoms with Gasteiger partial charge in [0.2, 0.25) is 0 Å². The quantitative estimate of drug-likeness (QED) is 0.815. The molecule has 0 unspecified atom stereocenters. The van der Waals surface area contributed by atoms with E-state index in [-0.39, 0.29) is 17.9 Å². The summed E-state index contributed by atoms with van der Waals surface area (Å²) >= 11 is 0. The highest BCUT2D eigenvalue weighted by Gasteiger charge is 2.46. The normalized spacial score (nSPS) is 22.3. The second-order valence-electron chi connectivity index (χ2n) is 5.97. The van der Waals surface area contributed by atoms with Crippen molar-refractivity contribution in [3.8, 4) is 0 Å². The monoisotopic (exact) mass is 324 g/mol. The van der Waals surface area contributed by atoms with Gasteiger partial charge in [-0.25, -0.2) is 0 Å². The second kappa shape index (κ2) is 6.87. The van der Waals surface area contributed by atoms with Gasteiger partial charge in [0.05, 0.1) is 26.1 Å². The highest BCUT2D eigenvalue weighted by Crippen LogP contribution is 2.44. The molecule has 0 saturated carbocycles. The Bertz CT molecular complexity index is 738. The molecule has 4 nitrogen and oxygen atoms in total. The predicted molar refractivity (Wildman–Crippen MR) is 89.4 cm³/mol. The maximum absolute atomic E-state index is 12.6. The standard InChI is InChI=1S/C20H20O4/c1-23-19(21)16-12-14-10-6-7-11-15(14)17(18(16)20(22)24-2)13-8-4-3-5-9-13/h3-11,16-18H,12H2,1-2H3/t16-,17-,18-/m0/s1. The van der Waals surface area contributed by atoms with E-state index in [1.807, 2.05) is 54.6 Å². The van der Waals surface area contributed by atoms with Gasteiger partial charge in [-0.15, -0.1) is 0 Å². The zero-order valence-corrected chi connectivity index (χ0v) is 13.8. The van der Waals surface area contributed by atoms with Crippen LogP contribution in [0.5, 0.6) is 0 Å². The maximum atomic E-state index is 12.6. The van der Waals surface area contributed by atoms with Gasteiger partial charge in [-0.1, -0.05) is 54.6 Å². The SMILES string of the molecule is COC(=O)[C@@H]1[C@@H](c2ccccc2)c2ccccc2C[C@@H]1C(=O)OC. The third-order valence-electron chi connectivity index (χ3n) is 4.76. The van der Waals surface area contributed by atoms with Crippen molar-refractivity contribution in [1.82, 2.24) is 0 Å². The molecule has 0 fully saturated rings. The van der Waals surface area contributed by atoms with Gasteiger partial charge in [0.1, 0.15) is 0 Å². The molecule has 1 aliphatic rings. The molecule has 0 radical (unpaired) electrons. The number of rotatable bonds is 3. The van der Waals surface area contributed by atoms with Gasteiger partial charge in [-0.05, 0) is 23.1 Å². The lowest BCUT2D eigenvalue weighted by Crippen LogP contribution is -2.41. The first-order valence-corrected chi connectivity index (χ1v) is 7.95. The molecular weight excluding hydrogens is 304 g/mol. The van der Waals surface area contributed by atoms with E-state index in [2.05, 4.69) is 0 Å². The zero-order chi connectivity index (χ0) is 17.1. The molecule has 1 aliphatic carbocycles. The number of carbonyl (C=O) groups excluding carboxylic acids is 2. The summed E-state index contributed by atoms with van der Waals surface area (Å²) < 4.78 is 10.0. The van der Waals surface area contributed by atoms with Gasteiger partial charge in [-0.2, -0.15) is 0 Å². The summed E-state index contributed by atoms with van der Waals surface area (Å²) in [5, 5.41) is 0. The molecule has 3 rings (SSSR count). The fourth-order valence-electron chi connectivity index (χ4n) is 3.68. The Hall–Kier alpha value is -2.62. The smallest absolute Gasteiger partial charge is 0.310 e. The summed E-state index contributed by atoms with van der Waals surface area (Å²) in [6.07, 6.45) is 0.478. The molecule has 0 heterocycles. The number of methoxy groups -OCH3 is 2. The molecule has 2 aromatic carbocycles. The van der Waals surface area contributed by atoms with Crippen molar-refractivity contribution in [1.29, 1.82) is 0 Å². The third kappa shape index (κ3) is 2.80. The van der Waals surface area contributed by atoms with Crippen molar-refractivity contribution in [3.05, 3.63) is 71.3 Å². The molecule has 0 aromatic heterocycles. The van der Waals surface area contributed by atoms with Crippen LogP contribution in [0.4, 0.5) is 0 Å². The second-order valence-corrected chi connectivity index (χ2v) is 5.97. The van der Waals surface area contributed by atoms with Crippen LogP contribution in [0.1, 0.15) is 22.6 Å². The van der Waals surface area contributed by atoms with Crippen molar-refractivity contribution < 1.29 is 19.1 Å². The summed E-state index contributed by atoms with van der Waals surface area (Å²) in [5.74, 6) is -2.13. The number of hydrogen-bond acceptors (Lipinski definition) is 4. The van der Waals surface area contributed by atoms with Gasteiger partial charge >= 0.3 is 11.9 Å². The molecule has 124 valence electrons. The molecule has 24 heavy (non-hydrogen) atoms. The van der Waals surface area contributed by atoms with E-state index >= 15 is 0 Å². The Kier molecular flexibility index (Phi) is 4.65. The van der Waals surface area contributed by atoms with Gasteiger partial charge < -0.3 is 9.47 Å². The van der Waals surface area contributed by atoms with Crippen LogP contribution in [0.15, 0.2) is 54.6 Å². The van der Waals surface area contributed by atoms with E-state index < -0.39 is 11.8 Å². The van der Waals surface area contributed by atoms with Gasteiger partial charge in [-0.3, -0.25) is 9.59 Å². The number of ether oxygens (including phenoxy) is 2. The molecule has 0 N–H and O–H groups in total. The maximum Gasteiger partial charge on any atom is 0.310 e. The molecule has 2 aromatic rings. The van der Waals surface area contributed by atoms with Crippen LogP contribution in [0.2, 0.25) is 0 Å². The topological polar surface area (TPSA) is 52.6 Å². The first-order chi connectivity index (χ1) is 11.7. The number of hydrogen-bond donors (Lipinski definition) is 0.